The predicted octanol–water partition coefficient (Wildman–Crippen LogP) is 0.854. The van der Waals surface area contributed by atoms with Gasteiger partial charge in [-0.15, -0.1) is 0 Å². The maximum absolute atomic E-state index is 12.7. The van der Waals surface area contributed by atoms with E-state index in [-0.39, 0.29) is 17.2 Å². The molecule has 8 nitrogen and oxygen atoms in total. The van der Waals surface area contributed by atoms with Crippen molar-refractivity contribution < 1.29 is 4.79 Å². The lowest BCUT2D eigenvalue weighted by Gasteiger charge is -2.35. The fraction of sp³-hybridized carbons (Fsp3) is 0.647. The molecule has 0 unspecified atom stereocenters. The topological polar surface area (TPSA) is 82.1 Å². The number of aromatic nitrogens is 4. The Morgan fingerprint density at radius 2 is 1.88 bits per heavy atom. The first-order chi connectivity index (χ1) is 12.4. The van der Waals surface area contributed by atoms with E-state index in [1.807, 2.05) is 4.90 Å². The first-order valence-corrected chi connectivity index (χ1v) is 9.90. The molecule has 0 bridgehead atoms. The van der Waals surface area contributed by atoms with Crippen LogP contribution in [0.15, 0.2) is 14.7 Å². The van der Waals surface area contributed by atoms with Gasteiger partial charge in [0, 0.05) is 33.7 Å². The molecule has 2 aromatic rings. The lowest BCUT2D eigenvalue weighted by Crippen LogP contribution is -2.44. The van der Waals surface area contributed by atoms with Crippen LogP contribution in [0.2, 0.25) is 0 Å². The van der Waals surface area contributed by atoms with Crippen LogP contribution < -0.4 is 11.2 Å². The number of nitrogens with zero attached hydrogens (tertiary/aromatic N) is 5. The van der Waals surface area contributed by atoms with Gasteiger partial charge in [0.05, 0.1) is 5.75 Å². The van der Waals surface area contributed by atoms with Crippen LogP contribution in [0, 0.1) is 0 Å². The predicted molar refractivity (Wildman–Crippen MR) is 102 cm³/mol. The van der Waals surface area contributed by atoms with E-state index in [0.29, 0.717) is 22.4 Å². The average Bonchev–Trinajstić information content (AvgIpc) is 2.99. The highest BCUT2D eigenvalue weighted by Crippen LogP contribution is 2.24. The summed E-state index contributed by atoms with van der Waals surface area (Å²) in [6.07, 6.45) is 4.27. The molecule has 1 aliphatic rings. The van der Waals surface area contributed by atoms with Crippen LogP contribution in [0.5, 0.6) is 0 Å². The molecule has 1 atom stereocenters. The molecule has 1 amide bonds. The maximum atomic E-state index is 12.7. The monoisotopic (exact) mass is 379 g/mol. The number of fused-ring (bicyclic) bond motifs is 1. The van der Waals surface area contributed by atoms with E-state index in [9.17, 15) is 14.4 Å². The summed E-state index contributed by atoms with van der Waals surface area (Å²) in [5.41, 5.74) is -0.0698. The fourth-order valence-corrected chi connectivity index (χ4v) is 4.44. The Labute approximate surface area is 155 Å². The number of carbonyl (C=O) groups excluding carboxylic acids is 1. The molecule has 0 spiro atoms. The summed E-state index contributed by atoms with van der Waals surface area (Å²) in [7, 11) is 4.79. The van der Waals surface area contributed by atoms with E-state index in [0.717, 1.165) is 30.4 Å². The van der Waals surface area contributed by atoms with Crippen LogP contribution in [0.25, 0.3) is 11.2 Å². The van der Waals surface area contributed by atoms with Crippen LogP contribution in [0.3, 0.4) is 0 Å². The maximum Gasteiger partial charge on any atom is 0.332 e. The lowest BCUT2D eigenvalue weighted by atomic mass is 10.0. The smallest absolute Gasteiger partial charge is 0.332 e. The number of hydrogen-bond acceptors (Lipinski definition) is 5. The van der Waals surface area contributed by atoms with Crippen molar-refractivity contribution in [2.24, 2.45) is 21.1 Å². The van der Waals surface area contributed by atoms with Crippen molar-refractivity contribution >= 4 is 28.8 Å². The summed E-state index contributed by atoms with van der Waals surface area (Å²) >= 11 is 1.31. The number of piperidine rings is 1. The second-order valence-electron chi connectivity index (χ2n) is 6.77. The zero-order chi connectivity index (χ0) is 19.0. The quantitative estimate of drug-likeness (QED) is 0.736. The van der Waals surface area contributed by atoms with Crippen molar-refractivity contribution in [2.75, 3.05) is 12.3 Å². The third kappa shape index (κ3) is 3.08. The molecule has 0 aliphatic carbocycles. The normalized spacial score (nSPS) is 17.8. The molecule has 0 aromatic carbocycles. The van der Waals surface area contributed by atoms with Crippen LogP contribution in [-0.4, -0.2) is 47.8 Å². The largest absolute Gasteiger partial charge is 0.339 e. The van der Waals surface area contributed by atoms with Crippen molar-refractivity contribution in [1.82, 2.24) is 23.6 Å². The van der Waals surface area contributed by atoms with Gasteiger partial charge in [-0.1, -0.05) is 18.7 Å². The Balaban J connectivity index is 1.86. The van der Waals surface area contributed by atoms with Gasteiger partial charge in [0.1, 0.15) is 0 Å². The average molecular weight is 379 g/mol. The molecule has 2 aromatic heterocycles. The van der Waals surface area contributed by atoms with Gasteiger partial charge < -0.3 is 9.47 Å². The number of carbonyl (C=O) groups is 1. The molecular weight excluding hydrogens is 354 g/mol. The van der Waals surface area contributed by atoms with Crippen LogP contribution in [0.1, 0.15) is 32.6 Å². The molecule has 9 heteroatoms. The number of aryl methyl sites for hydroxylation is 2. The van der Waals surface area contributed by atoms with Gasteiger partial charge in [-0.05, 0) is 25.7 Å². The van der Waals surface area contributed by atoms with Crippen molar-refractivity contribution in [3.8, 4) is 0 Å². The Hall–Kier alpha value is -2.03. The first-order valence-electron chi connectivity index (χ1n) is 8.91. The van der Waals surface area contributed by atoms with E-state index in [1.54, 1.807) is 18.7 Å². The summed E-state index contributed by atoms with van der Waals surface area (Å²) in [5, 5.41) is 0.566. The molecule has 1 aliphatic heterocycles. The van der Waals surface area contributed by atoms with Gasteiger partial charge in [-0.25, -0.2) is 9.78 Å². The van der Waals surface area contributed by atoms with E-state index < -0.39 is 5.69 Å². The van der Waals surface area contributed by atoms with E-state index in [4.69, 9.17) is 0 Å². The Morgan fingerprint density at radius 1 is 1.15 bits per heavy atom. The third-order valence-corrected chi connectivity index (χ3v) is 6.19. The molecule has 1 saturated heterocycles. The van der Waals surface area contributed by atoms with Crippen LogP contribution >= 0.6 is 11.8 Å². The number of thioether (sulfide) groups is 1. The van der Waals surface area contributed by atoms with Crippen molar-refractivity contribution in [2.45, 2.75) is 43.8 Å². The molecule has 3 rings (SSSR count). The van der Waals surface area contributed by atoms with Gasteiger partial charge >= 0.3 is 5.69 Å². The Kier molecular flexibility index (Phi) is 5.27. The summed E-state index contributed by atoms with van der Waals surface area (Å²) in [6.45, 7) is 2.93. The molecule has 0 N–H and O–H groups in total. The minimum absolute atomic E-state index is 0.107. The fourth-order valence-electron chi connectivity index (χ4n) is 3.59. The molecular formula is C17H25N5O3S. The number of likely N-dealkylation sites (tertiary alicyclic amines) is 1. The third-order valence-electron chi connectivity index (χ3n) is 5.18. The SMILES string of the molecule is CC[C@@H]1CCCCN1C(=O)CSc1nc2c(c(=O)n(C)c(=O)n2C)n1C. The molecule has 1 fully saturated rings. The van der Waals surface area contributed by atoms with Crippen molar-refractivity contribution in [1.29, 1.82) is 0 Å². The summed E-state index contributed by atoms with van der Waals surface area (Å²) < 4.78 is 4.10. The molecule has 0 radical (unpaired) electrons. The Bertz CT molecular complexity index is 958. The van der Waals surface area contributed by atoms with Crippen molar-refractivity contribution in [3.63, 3.8) is 0 Å². The standard InChI is InChI=1S/C17H25N5O3S/c1-5-11-8-6-7-9-22(11)12(23)10-26-16-18-14-13(19(16)2)15(24)21(4)17(25)20(14)3/h11H,5-10H2,1-4H3/t11-/m1/s1. The first kappa shape index (κ1) is 18.8. The van der Waals surface area contributed by atoms with Gasteiger partial charge in [0.2, 0.25) is 5.91 Å². The Morgan fingerprint density at radius 3 is 2.58 bits per heavy atom. The summed E-state index contributed by atoms with van der Waals surface area (Å²) in [6, 6.07) is 0.324. The highest BCUT2D eigenvalue weighted by molar-refractivity contribution is 7.99. The summed E-state index contributed by atoms with van der Waals surface area (Å²) in [4.78, 5) is 43.6. The minimum Gasteiger partial charge on any atom is -0.339 e. The molecule has 3 heterocycles. The van der Waals surface area contributed by atoms with E-state index in [1.165, 1.54) is 29.8 Å². The highest BCUT2D eigenvalue weighted by atomic mass is 32.2. The molecule has 0 saturated carbocycles. The van der Waals surface area contributed by atoms with Crippen LogP contribution in [0.4, 0.5) is 0 Å². The number of rotatable bonds is 4. The van der Waals surface area contributed by atoms with E-state index in [2.05, 4.69) is 11.9 Å². The zero-order valence-electron chi connectivity index (χ0n) is 15.7. The number of imidazole rings is 1. The van der Waals surface area contributed by atoms with Gasteiger partial charge in [0.25, 0.3) is 5.56 Å². The molecule has 26 heavy (non-hydrogen) atoms. The van der Waals surface area contributed by atoms with Gasteiger partial charge in [-0.2, -0.15) is 0 Å². The number of amides is 1. The summed E-state index contributed by atoms with van der Waals surface area (Å²) in [5.74, 6) is 0.387. The second kappa shape index (κ2) is 7.30. The zero-order valence-corrected chi connectivity index (χ0v) is 16.5. The van der Waals surface area contributed by atoms with Gasteiger partial charge in [0.15, 0.2) is 16.3 Å². The van der Waals surface area contributed by atoms with Crippen LogP contribution in [-0.2, 0) is 25.9 Å². The molecule has 142 valence electrons. The minimum atomic E-state index is -0.410. The lowest BCUT2D eigenvalue weighted by molar-refractivity contribution is -0.132. The number of hydrogen-bond donors (Lipinski definition) is 0. The second-order valence-corrected chi connectivity index (χ2v) is 7.71. The highest BCUT2D eigenvalue weighted by Gasteiger charge is 2.26. The van der Waals surface area contributed by atoms with E-state index >= 15 is 0 Å². The van der Waals surface area contributed by atoms with Crippen molar-refractivity contribution in [3.05, 3.63) is 20.8 Å². The van der Waals surface area contributed by atoms with Gasteiger partial charge in [-0.3, -0.25) is 18.7 Å².